The minimum absolute atomic E-state index is 0.778. The molecule has 1 aliphatic heterocycles. The normalized spacial score (nSPS) is 14.2. The smallest absolute Gasteiger partial charge is 0.211 e. The van der Waals surface area contributed by atoms with Crippen molar-refractivity contribution in [1.82, 2.24) is 4.68 Å². The molecule has 4 aromatic carbocycles. The molecule has 2 heterocycles. The van der Waals surface area contributed by atoms with Crippen molar-refractivity contribution in [3.05, 3.63) is 124 Å². The van der Waals surface area contributed by atoms with Gasteiger partial charge < -0.3 is 9.64 Å². The lowest BCUT2D eigenvalue weighted by Crippen LogP contribution is -2.36. The third-order valence-corrected chi connectivity index (χ3v) is 8.03. The van der Waals surface area contributed by atoms with Crippen molar-refractivity contribution in [2.24, 2.45) is 10.1 Å². The van der Waals surface area contributed by atoms with Crippen LogP contribution >= 0.6 is 11.3 Å². The van der Waals surface area contributed by atoms with Crippen LogP contribution in [0.3, 0.4) is 0 Å². The predicted octanol–water partition coefficient (Wildman–Crippen LogP) is 7.45. The molecule has 0 radical (unpaired) electrons. The summed E-state index contributed by atoms with van der Waals surface area (Å²) in [5, 5.41) is 7.11. The first-order chi connectivity index (χ1) is 19.7. The van der Waals surface area contributed by atoms with Crippen LogP contribution in [0.2, 0.25) is 0 Å². The van der Waals surface area contributed by atoms with Gasteiger partial charge in [-0.25, -0.2) is 9.67 Å². The Labute approximate surface area is 239 Å². The zero-order valence-corrected chi connectivity index (χ0v) is 23.6. The van der Waals surface area contributed by atoms with E-state index in [2.05, 4.69) is 115 Å². The Morgan fingerprint density at radius 1 is 0.725 bits per heavy atom. The monoisotopic (exact) mass is 544 g/mol. The molecule has 1 aliphatic rings. The van der Waals surface area contributed by atoms with Crippen molar-refractivity contribution < 1.29 is 4.74 Å². The SMILES string of the molecule is Cc1cccc(C)c1N=c1scc(-c2ccc(-c3ccccc3)cc2)n1/N=C/c1ccc(N2CCOCC2)cc1. The molecule has 40 heavy (non-hydrogen) atoms. The summed E-state index contributed by atoms with van der Waals surface area (Å²) >= 11 is 1.60. The Balaban J connectivity index is 1.37. The van der Waals surface area contributed by atoms with Crippen LogP contribution in [0.1, 0.15) is 16.7 Å². The van der Waals surface area contributed by atoms with E-state index in [-0.39, 0.29) is 0 Å². The number of ether oxygens (including phenoxy) is 1. The third kappa shape index (κ3) is 5.69. The van der Waals surface area contributed by atoms with E-state index >= 15 is 0 Å². The van der Waals surface area contributed by atoms with Gasteiger partial charge in [-0.15, -0.1) is 11.3 Å². The van der Waals surface area contributed by atoms with Gasteiger partial charge in [0.05, 0.1) is 30.8 Å². The van der Waals surface area contributed by atoms with Crippen LogP contribution in [0.5, 0.6) is 0 Å². The van der Waals surface area contributed by atoms with Gasteiger partial charge >= 0.3 is 0 Å². The summed E-state index contributed by atoms with van der Waals surface area (Å²) in [4.78, 5) is 8.28. The summed E-state index contributed by atoms with van der Waals surface area (Å²) in [7, 11) is 0. The Morgan fingerprint density at radius 3 is 2.08 bits per heavy atom. The highest BCUT2D eigenvalue weighted by molar-refractivity contribution is 7.07. The predicted molar refractivity (Wildman–Crippen MR) is 167 cm³/mol. The van der Waals surface area contributed by atoms with E-state index in [1.807, 2.05) is 17.0 Å². The second-order valence-corrected chi connectivity index (χ2v) is 10.8. The van der Waals surface area contributed by atoms with Gasteiger partial charge in [-0.05, 0) is 53.8 Å². The average molecular weight is 545 g/mol. The Hall–Kier alpha value is -4.26. The number of nitrogens with zero attached hydrogens (tertiary/aromatic N) is 4. The van der Waals surface area contributed by atoms with Crippen molar-refractivity contribution in [3.8, 4) is 22.4 Å². The summed E-state index contributed by atoms with van der Waals surface area (Å²) in [6.07, 6.45) is 1.92. The van der Waals surface area contributed by atoms with Crippen LogP contribution in [0.15, 0.2) is 113 Å². The first kappa shape index (κ1) is 26.0. The fraction of sp³-hybridized carbons (Fsp3) is 0.176. The third-order valence-electron chi connectivity index (χ3n) is 7.21. The highest BCUT2D eigenvalue weighted by atomic mass is 32.1. The molecule has 1 saturated heterocycles. The van der Waals surface area contributed by atoms with E-state index in [0.717, 1.165) is 64.7 Å². The quantitative estimate of drug-likeness (QED) is 0.208. The molecule has 6 rings (SSSR count). The van der Waals surface area contributed by atoms with Gasteiger partial charge in [-0.1, -0.05) is 84.9 Å². The first-order valence-electron chi connectivity index (χ1n) is 13.6. The summed E-state index contributed by atoms with van der Waals surface area (Å²) in [6.45, 7) is 7.61. The van der Waals surface area contributed by atoms with Crippen LogP contribution in [-0.2, 0) is 4.74 Å². The van der Waals surface area contributed by atoms with E-state index < -0.39 is 0 Å². The van der Waals surface area contributed by atoms with E-state index in [4.69, 9.17) is 14.8 Å². The second-order valence-electron chi connectivity index (χ2n) is 9.95. The van der Waals surface area contributed by atoms with Gasteiger partial charge in [-0.3, -0.25) is 0 Å². The number of hydrogen-bond acceptors (Lipinski definition) is 5. The Bertz CT molecular complexity index is 1660. The van der Waals surface area contributed by atoms with Gasteiger partial charge in [0.2, 0.25) is 4.80 Å². The number of thiazole rings is 1. The number of aryl methyl sites for hydroxylation is 2. The Kier molecular flexibility index (Phi) is 7.71. The van der Waals surface area contributed by atoms with Crippen molar-refractivity contribution in [3.63, 3.8) is 0 Å². The van der Waals surface area contributed by atoms with Gasteiger partial charge in [0.15, 0.2) is 0 Å². The fourth-order valence-corrected chi connectivity index (χ4v) is 5.79. The maximum absolute atomic E-state index is 5.50. The number of benzene rings is 4. The average Bonchev–Trinajstić information content (AvgIpc) is 3.41. The molecule has 0 atom stereocenters. The first-order valence-corrected chi connectivity index (χ1v) is 14.5. The molecule has 5 aromatic rings. The molecule has 0 N–H and O–H groups in total. The van der Waals surface area contributed by atoms with Crippen molar-refractivity contribution in [2.75, 3.05) is 31.2 Å². The minimum Gasteiger partial charge on any atom is -0.378 e. The lowest BCUT2D eigenvalue weighted by molar-refractivity contribution is 0.122. The van der Waals surface area contributed by atoms with Crippen LogP contribution in [0.4, 0.5) is 11.4 Å². The van der Waals surface area contributed by atoms with Crippen molar-refractivity contribution in [2.45, 2.75) is 13.8 Å². The lowest BCUT2D eigenvalue weighted by Gasteiger charge is -2.28. The summed E-state index contributed by atoms with van der Waals surface area (Å²) in [5.74, 6) is 0. The zero-order valence-electron chi connectivity index (χ0n) is 22.8. The van der Waals surface area contributed by atoms with Crippen molar-refractivity contribution >= 4 is 28.9 Å². The van der Waals surface area contributed by atoms with E-state index in [0.29, 0.717) is 0 Å². The molecular weight excluding hydrogens is 512 g/mol. The number of hydrogen-bond donors (Lipinski definition) is 0. The molecular formula is C34H32N4OS. The van der Waals surface area contributed by atoms with Gasteiger partial charge in [0.1, 0.15) is 0 Å². The van der Waals surface area contributed by atoms with Crippen LogP contribution in [0.25, 0.3) is 22.4 Å². The molecule has 6 heteroatoms. The summed E-state index contributed by atoms with van der Waals surface area (Å²) < 4.78 is 7.46. The number of aromatic nitrogens is 1. The standard InChI is InChI=1S/C34H32N4OS/c1-25-7-6-8-26(2)33(25)36-34-38(35-23-27-11-17-31(18-12-27)37-19-21-39-22-20-37)32(24-40-34)30-15-13-29(14-16-30)28-9-4-3-5-10-28/h3-18,23-24H,19-22H2,1-2H3/b35-23+,36-34?. The minimum atomic E-state index is 0.778. The molecule has 0 unspecified atom stereocenters. The molecule has 1 fully saturated rings. The summed E-state index contributed by atoms with van der Waals surface area (Å²) in [6, 6.07) is 34.0. The number of rotatable bonds is 6. The highest BCUT2D eigenvalue weighted by Crippen LogP contribution is 2.27. The number of morpholine rings is 1. The van der Waals surface area contributed by atoms with E-state index in [9.17, 15) is 0 Å². The van der Waals surface area contributed by atoms with Crippen LogP contribution in [-0.4, -0.2) is 37.2 Å². The Morgan fingerprint density at radius 2 is 1.38 bits per heavy atom. The highest BCUT2D eigenvalue weighted by Gasteiger charge is 2.12. The molecule has 0 bridgehead atoms. The maximum atomic E-state index is 5.50. The number of anilines is 1. The lowest BCUT2D eigenvalue weighted by atomic mass is 10.0. The van der Waals surface area contributed by atoms with Crippen molar-refractivity contribution in [1.29, 1.82) is 0 Å². The molecule has 5 nitrogen and oxygen atoms in total. The molecule has 0 amide bonds. The molecule has 0 spiro atoms. The molecule has 200 valence electrons. The molecule has 0 saturated carbocycles. The van der Waals surface area contributed by atoms with Crippen LogP contribution < -0.4 is 9.70 Å². The van der Waals surface area contributed by atoms with E-state index in [1.54, 1.807) is 11.3 Å². The van der Waals surface area contributed by atoms with E-state index in [1.165, 1.54) is 16.8 Å². The fourth-order valence-electron chi connectivity index (χ4n) is 4.95. The molecule has 0 aliphatic carbocycles. The second kappa shape index (κ2) is 11.9. The topological polar surface area (TPSA) is 42.1 Å². The maximum Gasteiger partial charge on any atom is 0.211 e. The van der Waals surface area contributed by atoms with Gasteiger partial charge in [-0.2, -0.15) is 5.10 Å². The molecule has 1 aromatic heterocycles. The largest absolute Gasteiger partial charge is 0.378 e. The summed E-state index contributed by atoms with van der Waals surface area (Å²) in [5.41, 5.74) is 10.1. The zero-order chi connectivity index (χ0) is 27.3. The van der Waals surface area contributed by atoms with Gasteiger partial charge in [0, 0.05) is 29.7 Å². The van der Waals surface area contributed by atoms with Crippen LogP contribution in [0, 0.1) is 13.8 Å². The number of para-hydroxylation sites is 1. The van der Waals surface area contributed by atoms with Gasteiger partial charge in [0.25, 0.3) is 0 Å².